The summed E-state index contributed by atoms with van der Waals surface area (Å²) < 4.78 is 11.4. The van der Waals surface area contributed by atoms with Gasteiger partial charge in [-0.1, -0.05) is 18.2 Å². The number of imide groups is 1. The van der Waals surface area contributed by atoms with Gasteiger partial charge in [0.1, 0.15) is 12.4 Å². The van der Waals surface area contributed by atoms with Gasteiger partial charge in [-0.25, -0.2) is 4.79 Å². The fraction of sp³-hybridized carbons (Fsp3) is 0.190. The van der Waals surface area contributed by atoms with Crippen LogP contribution >= 0.6 is 27.7 Å². The van der Waals surface area contributed by atoms with Crippen molar-refractivity contribution in [1.82, 2.24) is 4.90 Å². The van der Waals surface area contributed by atoms with Crippen LogP contribution in [0.3, 0.4) is 0 Å². The number of carboxylic acid groups (broad SMARTS) is 1. The summed E-state index contributed by atoms with van der Waals surface area (Å²) in [6, 6.07) is 11.8. The number of hydrogen-bond donors (Lipinski definition) is 1. The van der Waals surface area contributed by atoms with E-state index < -0.39 is 5.97 Å². The first-order valence-electron chi connectivity index (χ1n) is 8.88. The molecule has 1 N–H and O–H groups in total. The van der Waals surface area contributed by atoms with Crippen molar-refractivity contribution in [2.45, 2.75) is 6.61 Å². The summed E-state index contributed by atoms with van der Waals surface area (Å²) in [6.45, 7) is 0.792. The normalized spacial score (nSPS) is 15.1. The number of carboxylic acids is 1. The summed E-state index contributed by atoms with van der Waals surface area (Å²) in [5, 5.41) is 8.63. The minimum Gasteiger partial charge on any atom is -0.488 e. The van der Waals surface area contributed by atoms with Crippen molar-refractivity contribution < 1.29 is 29.0 Å². The molecule has 3 rings (SSSR count). The van der Waals surface area contributed by atoms with E-state index in [0.29, 0.717) is 21.7 Å². The topological polar surface area (TPSA) is 93.1 Å². The predicted octanol–water partition coefficient (Wildman–Crippen LogP) is 4.41. The number of rotatable bonds is 8. The van der Waals surface area contributed by atoms with Crippen LogP contribution in [0.15, 0.2) is 51.8 Å². The maximum absolute atomic E-state index is 12.4. The second kappa shape index (κ2) is 9.92. The lowest BCUT2D eigenvalue weighted by atomic mass is 10.1. The van der Waals surface area contributed by atoms with E-state index in [-0.39, 0.29) is 29.9 Å². The molecule has 0 unspecified atom stereocenters. The standard InChI is InChI=1S/C21H18BrNO6S/c1-28-9-8-23-19(24)18(30-21(23)27)11-14-4-7-17(16(22)10-14)29-12-13-2-5-15(6-3-13)20(25)26/h2-7,10-11H,8-9,12H2,1H3,(H,25,26)/b18-11+. The van der Waals surface area contributed by atoms with Crippen LogP contribution in [0.1, 0.15) is 21.5 Å². The third-order valence-electron chi connectivity index (χ3n) is 4.24. The van der Waals surface area contributed by atoms with Crippen molar-refractivity contribution >= 4 is 50.9 Å². The van der Waals surface area contributed by atoms with Crippen molar-refractivity contribution in [1.29, 1.82) is 0 Å². The zero-order chi connectivity index (χ0) is 21.7. The Kier molecular flexibility index (Phi) is 7.30. The summed E-state index contributed by atoms with van der Waals surface area (Å²) in [4.78, 5) is 36.8. The van der Waals surface area contributed by atoms with Crippen molar-refractivity contribution in [2.75, 3.05) is 20.3 Å². The molecule has 9 heteroatoms. The molecule has 0 spiro atoms. The fourth-order valence-corrected chi connectivity index (χ4v) is 4.03. The number of carbonyl (C=O) groups excluding carboxylic acids is 2. The van der Waals surface area contributed by atoms with E-state index in [4.69, 9.17) is 14.6 Å². The van der Waals surface area contributed by atoms with Gasteiger partial charge in [0.25, 0.3) is 11.1 Å². The fourth-order valence-electron chi connectivity index (χ4n) is 2.66. The number of benzene rings is 2. The summed E-state index contributed by atoms with van der Waals surface area (Å²) in [5.74, 6) is -0.705. The molecule has 0 aromatic heterocycles. The average molecular weight is 492 g/mol. The van der Waals surface area contributed by atoms with Gasteiger partial charge < -0.3 is 14.6 Å². The molecule has 1 saturated heterocycles. The lowest BCUT2D eigenvalue weighted by Gasteiger charge is -2.11. The van der Waals surface area contributed by atoms with Gasteiger partial charge in [-0.05, 0) is 69.2 Å². The van der Waals surface area contributed by atoms with Crippen LogP contribution in [0.2, 0.25) is 0 Å². The van der Waals surface area contributed by atoms with Crippen molar-refractivity contribution in [3.05, 3.63) is 68.5 Å². The van der Waals surface area contributed by atoms with E-state index in [0.717, 1.165) is 22.9 Å². The highest BCUT2D eigenvalue weighted by Gasteiger charge is 2.34. The maximum Gasteiger partial charge on any atom is 0.335 e. The molecule has 0 radical (unpaired) electrons. The van der Waals surface area contributed by atoms with Crippen LogP contribution in [0.4, 0.5) is 4.79 Å². The smallest absolute Gasteiger partial charge is 0.335 e. The quantitative estimate of drug-likeness (QED) is 0.546. The number of nitrogens with zero attached hydrogens (tertiary/aromatic N) is 1. The highest BCUT2D eigenvalue weighted by Crippen LogP contribution is 2.34. The van der Waals surface area contributed by atoms with Gasteiger partial charge >= 0.3 is 5.97 Å². The number of amides is 2. The number of halogens is 1. The first kappa shape index (κ1) is 22.1. The Morgan fingerprint density at radius 2 is 1.93 bits per heavy atom. The van der Waals surface area contributed by atoms with Gasteiger partial charge in [-0.15, -0.1) is 0 Å². The molecule has 1 fully saturated rings. The molecule has 1 aliphatic rings. The molecule has 0 aliphatic carbocycles. The van der Waals surface area contributed by atoms with E-state index in [1.54, 1.807) is 36.4 Å². The molecule has 7 nitrogen and oxygen atoms in total. The van der Waals surface area contributed by atoms with Gasteiger partial charge in [-0.2, -0.15) is 0 Å². The Morgan fingerprint density at radius 1 is 1.20 bits per heavy atom. The Balaban J connectivity index is 1.66. The lowest BCUT2D eigenvalue weighted by Crippen LogP contribution is -2.31. The van der Waals surface area contributed by atoms with E-state index in [1.807, 2.05) is 0 Å². The zero-order valence-corrected chi connectivity index (χ0v) is 18.4. The van der Waals surface area contributed by atoms with E-state index >= 15 is 0 Å². The second-order valence-corrected chi connectivity index (χ2v) is 8.15. The van der Waals surface area contributed by atoms with E-state index in [9.17, 15) is 14.4 Å². The van der Waals surface area contributed by atoms with Crippen LogP contribution in [-0.4, -0.2) is 47.4 Å². The summed E-state index contributed by atoms with van der Waals surface area (Å²) in [6.07, 6.45) is 1.66. The molecule has 0 bridgehead atoms. The number of ether oxygens (including phenoxy) is 2. The van der Waals surface area contributed by atoms with Crippen LogP contribution in [0, 0.1) is 0 Å². The highest BCUT2D eigenvalue weighted by atomic mass is 79.9. The highest BCUT2D eigenvalue weighted by molar-refractivity contribution is 9.10. The monoisotopic (exact) mass is 491 g/mol. The molecule has 2 amide bonds. The molecule has 2 aromatic rings. The number of carbonyl (C=O) groups is 3. The first-order valence-corrected chi connectivity index (χ1v) is 10.5. The number of hydrogen-bond acceptors (Lipinski definition) is 6. The third kappa shape index (κ3) is 5.29. The molecule has 156 valence electrons. The SMILES string of the molecule is COCCN1C(=O)S/C(=C/c2ccc(OCc3ccc(C(=O)O)cc3)c(Br)c2)C1=O. The number of aromatic carboxylic acids is 1. The van der Waals surface area contributed by atoms with E-state index in [1.165, 1.54) is 24.1 Å². The van der Waals surface area contributed by atoms with Crippen LogP contribution in [0.5, 0.6) is 5.75 Å². The zero-order valence-electron chi connectivity index (χ0n) is 16.0. The third-order valence-corrected chi connectivity index (χ3v) is 5.77. The van der Waals surface area contributed by atoms with Crippen LogP contribution in [-0.2, 0) is 16.1 Å². The predicted molar refractivity (Wildman–Crippen MR) is 116 cm³/mol. The first-order chi connectivity index (χ1) is 14.4. The van der Waals surface area contributed by atoms with Gasteiger partial charge in [0.2, 0.25) is 0 Å². The molecule has 0 saturated carbocycles. The number of methoxy groups -OCH3 is 1. The lowest BCUT2D eigenvalue weighted by molar-refractivity contribution is -0.123. The summed E-state index contributed by atoms with van der Waals surface area (Å²) in [5.41, 5.74) is 1.80. The van der Waals surface area contributed by atoms with Crippen molar-refractivity contribution in [3.63, 3.8) is 0 Å². The molecule has 2 aromatic carbocycles. The Morgan fingerprint density at radius 3 is 2.57 bits per heavy atom. The largest absolute Gasteiger partial charge is 0.488 e. The number of thioether (sulfide) groups is 1. The Hall–Kier alpha value is -2.62. The molecular formula is C21H18BrNO6S. The van der Waals surface area contributed by atoms with E-state index in [2.05, 4.69) is 15.9 Å². The van der Waals surface area contributed by atoms with Gasteiger partial charge in [-0.3, -0.25) is 14.5 Å². The molecule has 1 aliphatic heterocycles. The van der Waals surface area contributed by atoms with Gasteiger partial charge in [0.05, 0.1) is 28.1 Å². The molecule has 1 heterocycles. The summed E-state index contributed by atoms with van der Waals surface area (Å²) >= 11 is 4.36. The molecule has 0 atom stereocenters. The van der Waals surface area contributed by atoms with Crippen molar-refractivity contribution in [3.8, 4) is 5.75 Å². The van der Waals surface area contributed by atoms with Crippen LogP contribution < -0.4 is 4.74 Å². The van der Waals surface area contributed by atoms with Gasteiger partial charge in [0.15, 0.2) is 0 Å². The van der Waals surface area contributed by atoms with Crippen LogP contribution in [0.25, 0.3) is 6.08 Å². The Labute approximate surface area is 185 Å². The minimum atomic E-state index is -0.975. The maximum atomic E-state index is 12.4. The second-order valence-electron chi connectivity index (χ2n) is 6.31. The molecular weight excluding hydrogens is 474 g/mol. The van der Waals surface area contributed by atoms with Gasteiger partial charge in [0, 0.05) is 7.11 Å². The molecule has 30 heavy (non-hydrogen) atoms. The van der Waals surface area contributed by atoms with Crippen molar-refractivity contribution in [2.24, 2.45) is 0 Å². The minimum absolute atomic E-state index is 0.218. The average Bonchev–Trinajstić information content (AvgIpc) is 2.98. The Bertz CT molecular complexity index is 1010. The summed E-state index contributed by atoms with van der Waals surface area (Å²) in [7, 11) is 1.52.